The van der Waals surface area contributed by atoms with Gasteiger partial charge in [-0.05, 0) is 46.7 Å². The van der Waals surface area contributed by atoms with E-state index in [4.69, 9.17) is 14.2 Å². The van der Waals surface area contributed by atoms with E-state index in [1.165, 1.54) is 7.11 Å². The first-order valence-corrected chi connectivity index (χ1v) is 13.8. The average Bonchev–Trinajstić information content (AvgIpc) is 2.98. The third-order valence-corrected chi connectivity index (χ3v) is 6.95. The van der Waals surface area contributed by atoms with Crippen molar-refractivity contribution in [2.75, 3.05) is 49.4 Å². The Morgan fingerprint density at radius 3 is 2.29 bits per heavy atom. The molecular weight excluding hydrogens is 534 g/mol. The highest BCUT2D eigenvalue weighted by Crippen LogP contribution is 2.40. The van der Waals surface area contributed by atoms with Crippen molar-refractivity contribution in [2.45, 2.75) is 26.2 Å². The molecule has 5 rings (SSSR count). The average molecular weight is 570 g/mol. The van der Waals surface area contributed by atoms with Crippen LogP contribution < -0.4 is 25.4 Å². The van der Waals surface area contributed by atoms with Crippen molar-refractivity contribution >= 4 is 39.9 Å². The molecule has 4 amide bonds. The molecule has 42 heavy (non-hydrogen) atoms. The lowest BCUT2D eigenvalue weighted by molar-refractivity contribution is 0.0564. The van der Waals surface area contributed by atoms with Gasteiger partial charge in [-0.3, -0.25) is 4.98 Å². The number of fused-ring (bicyclic) bond motifs is 1. The summed E-state index contributed by atoms with van der Waals surface area (Å²) in [4.78, 5) is 32.4. The molecule has 0 spiro atoms. The van der Waals surface area contributed by atoms with Gasteiger partial charge in [0.2, 0.25) is 0 Å². The van der Waals surface area contributed by atoms with Crippen LogP contribution in [0.4, 0.5) is 26.7 Å². The van der Waals surface area contributed by atoms with E-state index in [-0.39, 0.29) is 11.4 Å². The second kappa shape index (κ2) is 12.4. The molecule has 1 aliphatic rings. The smallest absolute Gasteiger partial charge is 0.323 e. The standard InChI is InChI=1S/C32H35N5O5/c1-32(2,3)22-19-25(29(40-4)26(20-22)35-31(39)37-15-17-41-18-16-37)34-30(38)36-28-24-8-6-5-7-21(24)9-10-27(28)42-23-11-13-33-14-12-23/h5-14,19-20H,15-18H2,1-4H3,(H,35,39)(H2,34,36,38). The van der Waals surface area contributed by atoms with Gasteiger partial charge in [-0.1, -0.05) is 51.1 Å². The van der Waals surface area contributed by atoms with Gasteiger partial charge in [-0.25, -0.2) is 9.59 Å². The maximum atomic E-state index is 13.6. The second-order valence-corrected chi connectivity index (χ2v) is 10.9. The van der Waals surface area contributed by atoms with Crippen molar-refractivity contribution in [2.24, 2.45) is 0 Å². The molecule has 2 heterocycles. The van der Waals surface area contributed by atoms with Crippen LogP contribution in [0.25, 0.3) is 10.8 Å². The molecule has 1 saturated heterocycles. The van der Waals surface area contributed by atoms with Gasteiger partial charge < -0.3 is 35.1 Å². The minimum Gasteiger partial charge on any atom is -0.492 e. The lowest BCUT2D eigenvalue weighted by Gasteiger charge is -2.28. The number of hydrogen-bond acceptors (Lipinski definition) is 6. The second-order valence-electron chi connectivity index (χ2n) is 10.9. The number of amides is 4. The Morgan fingerprint density at radius 1 is 0.905 bits per heavy atom. The van der Waals surface area contributed by atoms with E-state index in [1.54, 1.807) is 29.4 Å². The molecule has 0 bridgehead atoms. The summed E-state index contributed by atoms with van der Waals surface area (Å²) in [5.41, 5.74) is 2.01. The maximum absolute atomic E-state index is 13.6. The van der Waals surface area contributed by atoms with Gasteiger partial charge in [-0.15, -0.1) is 0 Å². The molecular formula is C32H35N5O5. The number of aromatic nitrogens is 1. The minimum atomic E-state index is -0.499. The van der Waals surface area contributed by atoms with E-state index < -0.39 is 6.03 Å². The Bertz CT molecular complexity index is 1580. The Kier molecular flexibility index (Phi) is 8.44. The zero-order valence-electron chi connectivity index (χ0n) is 24.2. The van der Waals surface area contributed by atoms with Crippen molar-refractivity contribution in [1.29, 1.82) is 0 Å². The number of urea groups is 2. The van der Waals surface area contributed by atoms with E-state index in [0.717, 1.165) is 16.3 Å². The van der Waals surface area contributed by atoms with E-state index in [2.05, 4.69) is 41.7 Å². The number of nitrogens with one attached hydrogen (secondary N) is 3. The molecule has 0 radical (unpaired) electrons. The third-order valence-electron chi connectivity index (χ3n) is 6.95. The summed E-state index contributed by atoms with van der Waals surface area (Å²) < 4.78 is 17.2. The zero-order valence-corrected chi connectivity index (χ0v) is 24.2. The Hall–Kier alpha value is -4.83. The number of carbonyl (C=O) groups is 2. The van der Waals surface area contributed by atoms with Gasteiger partial charge >= 0.3 is 12.1 Å². The molecule has 4 aromatic rings. The van der Waals surface area contributed by atoms with Crippen molar-refractivity contribution in [3.8, 4) is 17.2 Å². The number of nitrogens with zero attached hydrogens (tertiary/aromatic N) is 2. The lowest BCUT2D eigenvalue weighted by Crippen LogP contribution is -2.43. The molecule has 3 aromatic carbocycles. The van der Waals surface area contributed by atoms with Crippen LogP contribution in [0.5, 0.6) is 17.2 Å². The van der Waals surface area contributed by atoms with E-state index in [9.17, 15) is 9.59 Å². The van der Waals surface area contributed by atoms with Crippen LogP contribution in [0.1, 0.15) is 26.3 Å². The molecule has 0 aliphatic carbocycles. The maximum Gasteiger partial charge on any atom is 0.323 e. The number of benzene rings is 3. The summed E-state index contributed by atoms with van der Waals surface area (Å²) in [6.07, 6.45) is 3.28. The zero-order chi connectivity index (χ0) is 29.7. The number of anilines is 3. The summed E-state index contributed by atoms with van der Waals surface area (Å²) in [7, 11) is 1.50. The molecule has 1 aliphatic heterocycles. The van der Waals surface area contributed by atoms with Crippen LogP contribution >= 0.6 is 0 Å². The largest absolute Gasteiger partial charge is 0.492 e. The quantitative estimate of drug-likeness (QED) is 0.234. The summed E-state index contributed by atoms with van der Waals surface area (Å²) in [6.45, 7) is 8.15. The molecule has 0 unspecified atom stereocenters. The SMILES string of the molecule is COc1c(NC(=O)Nc2c(Oc3ccncc3)ccc3ccccc23)cc(C(C)(C)C)cc1NC(=O)N1CCOCC1. The Balaban J connectivity index is 1.47. The van der Waals surface area contributed by atoms with Gasteiger partial charge in [0, 0.05) is 30.9 Å². The fourth-order valence-electron chi connectivity index (χ4n) is 4.69. The molecule has 0 saturated carbocycles. The number of ether oxygens (including phenoxy) is 3. The Labute approximate surface area is 245 Å². The van der Waals surface area contributed by atoms with Gasteiger partial charge in [0.1, 0.15) is 5.75 Å². The topological polar surface area (TPSA) is 114 Å². The van der Waals surface area contributed by atoms with Crippen molar-refractivity contribution in [3.63, 3.8) is 0 Å². The Morgan fingerprint density at radius 2 is 1.60 bits per heavy atom. The monoisotopic (exact) mass is 569 g/mol. The van der Waals surface area contributed by atoms with Crippen LogP contribution in [0, 0.1) is 0 Å². The van der Waals surface area contributed by atoms with Crippen LogP contribution in [0.15, 0.2) is 73.1 Å². The van der Waals surface area contributed by atoms with Crippen molar-refractivity contribution < 1.29 is 23.8 Å². The lowest BCUT2D eigenvalue weighted by atomic mass is 9.86. The predicted molar refractivity (Wildman–Crippen MR) is 164 cm³/mol. The molecule has 1 fully saturated rings. The number of carbonyl (C=O) groups excluding carboxylic acids is 2. The molecule has 10 heteroatoms. The van der Waals surface area contributed by atoms with Crippen molar-refractivity contribution in [3.05, 3.63) is 78.6 Å². The van der Waals surface area contributed by atoms with Gasteiger partial charge in [0.25, 0.3) is 0 Å². The normalized spacial score (nSPS) is 13.4. The first-order valence-electron chi connectivity index (χ1n) is 13.8. The van der Waals surface area contributed by atoms with E-state index in [0.29, 0.717) is 60.6 Å². The van der Waals surface area contributed by atoms with E-state index in [1.807, 2.05) is 48.5 Å². The molecule has 1 aromatic heterocycles. The number of pyridine rings is 1. The van der Waals surface area contributed by atoms with Crippen molar-refractivity contribution in [1.82, 2.24) is 9.88 Å². The highest BCUT2D eigenvalue weighted by molar-refractivity contribution is 6.09. The fourth-order valence-corrected chi connectivity index (χ4v) is 4.69. The first-order chi connectivity index (χ1) is 20.2. The fraction of sp³-hybridized carbons (Fsp3) is 0.281. The van der Waals surface area contributed by atoms with Gasteiger partial charge in [0.05, 0.1) is 37.4 Å². The van der Waals surface area contributed by atoms with Crippen LogP contribution in [0.2, 0.25) is 0 Å². The van der Waals surface area contributed by atoms with Crippen LogP contribution in [-0.4, -0.2) is 55.4 Å². The molecule has 0 atom stereocenters. The van der Waals surface area contributed by atoms with Gasteiger partial charge in [0.15, 0.2) is 11.5 Å². The van der Waals surface area contributed by atoms with Crippen LogP contribution in [0.3, 0.4) is 0 Å². The van der Waals surface area contributed by atoms with Crippen LogP contribution in [-0.2, 0) is 10.2 Å². The van der Waals surface area contributed by atoms with E-state index >= 15 is 0 Å². The number of hydrogen-bond donors (Lipinski definition) is 3. The third kappa shape index (κ3) is 6.55. The first kappa shape index (κ1) is 28.7. The minimum absolute atomic E-state index is 0.258. The summed E-state index contributed by atoms with van der Waals surface area (Å²) in [5.74, 6) is 1.40. The molecule has 10 nitrogen and oxygen atoms in total. The summed E-state index contributed by atoms with van der Waals surface area (Å²) in [6, 6.07) is 18.0. The number of methoxy groups -OCH3 is 1. The number of rotatable bonds is 6. The van der Waals surface area contributed by atoms with Gasteiger partial charge in [-0.2, -0.15) is 0 Å². The molecule has 218 valence electrons. The molecule has 3 N–H and O–H groups in total. The number of morpholine rings is 1. The summed E-state index contributed by atoms with van der Waals surface area (Å²) in [5, 5.41) is 10.7. The highest BCUT2D eigenvalue weighted by atomic mass is 16.5. The summed E-state index contributed by atoms with van der Waals surface area (Å²) >= 11 is 0. The highest BCUT2D eigenvalue weighted by Gasteiger charge is 2.24. The predicted octanol–water partition coefficient (Wildman–Crippen LogP) is 6.84.